The van der Waals surface area contributed by atoms with Crippen LogP contribution >= 0.6 is 0 Å². The number of carbonyl (C=O) groups excluding carboxylic acids is 1. The van der Waals surface area contributed by atoms with Gasteiger partial charge in [0.25, 0.3) is 0 Å². The van der Waals surface area contributed by atoms with Crippen molar-refractivity contribution in [1.29, 1.82) is 0 Å². The van der Waals surface area contributed by atoms with Crippen LogP contribution in [-0.2, 0) is 25.8 Å². The van der Waals surface area contributed by atoms with Crippen molar-refractivity contribution in [2.24, 2.45) is 5.41 Å². The number of amides is 1. The number of nitrogens with zero attached hydrogens (tertiary/aromatic N) is 7. The van der Waals surface area contributed by atoms with Gasteiger partial charge < -0.3 is 4.90 Å². The zero-order valence-corrected chi connectivity index (χ0v) is 24.5. The number of hydrogen-bond donors (Lipinski definition) is 0. The first kappa shape index (κ1) is 27.7. The lowest BCUT2D eigenvalue weighted by atomic mass is 9.66. The van der Waals surface area contributed by atoms with Gasteiger partial charge >= 0.3 is 0 Å². The van der Waals surface area contributed by atoms with Crippen LogP contribution in [0.15, 0.2) is 48.8 Å². The quantitative estimate of drug-likeness (QED) is 0.309. The van der Waals surface area contributed by atoms with Gasteiger partial charge in [0.1, 0.15) is 29.6 Å². The number of pyridine rings is 1. The Hall–Kier alpha value is -4.13. The molecule has 4 heterocycles. The third kappa shape index (κ3) is 4.27. The van der Waals surface area contributed by atoms with E-state index in [-0.39, 0.29) is 40.2 Å². The molecule has 0 radical (unpaired) electrons. The van der Waals surface area contributed by atoms with E-state index in [4.69, 9.17) is 4.98 Å². The van der Waals surface area contributed by atoms with Crippen molar-refractivity contribution < 1.29 is 22.0 Å². The van der Waals surface area contributed by atoms with Crippen LogP contribution in [0.25, 0.3) is 17.1 Å². The van der Waals surface area contributed by atoms with E-state index in [9.17, 15) is 22.0 Å². The fraction of sp³-hybridized carbons (Fsp3) is 0.400. The molecule has 2 bridgehead atoms. The summed E-state index contributed by atoms with van der Waals surface area (Å²) in [6, 6.07) is 11.1. The van der Waals surface area contributed by atoms with E-state index in [1.165, 1.54) is 34.1 Å². The maximum atomic E-state index is 14.6. The first-order valence-corrected chi connectivity index (χ1v) is 16.0. The summed E-state index contributed by atoms with van der Waals surface area (Å²) in [7, 11) is -3.64. The lowest BCUT2D eigenvalue weighted by Crippen LogP contribution is -2.38. The van der Waals surface area contributed by atoms with E-state index in [0.717, 1.165) is 29.8 Å². The van der Waals surface area contributed by atoms with Crippen LogP contribution in [0.3, 0.4) is 0 Å². The van der Waals surface area contributed by atoms with Crippen LogP contribution in [0.1, 0.15) is 68.2 Å². The van der Waals surface area contributed by atoms with Gasteiger partial charge in [0.15, 0.2) is 21.5 Å². The normalized spacial score (nSPS) is 22.4. The number of carbonyl (C=O) groups is 1. The number of likely N-dealkylation sites (tertiary alicyclic amines) is 1. The summed E-state index contributed by atoms with van der Waals surface area (Å²) < 4.78 is 56.1. The van der Waals surface area contributed by atoms with E-state index >= 15 is 0 Å². The smallest absolute Gasteiger partial charge is 0.223 e. The average Bonchev–Trinajstić information content (AvgIpc) is 3.70. The average molecular weight is 606 g/mol. The van der Waals surface area contributed by atoms with Crippen LogP contribution in [0, 0.1) is 17.0 Å². The molecule has 7 rings (SSSR count). The van der Waals surface area contributed by atoms with E-state index in [1.807, 2.05) is 12.1 Å². The van der Waals surface area contributed by atoms with Crippen LogP contribution in [0.5, 0.6) is 0 Å². The maximum absolute atomic E-state index is 14.6. The molecular formula is C30H29F2N7O3S. The first-order chi connectivity index (χ1) is 20.5. The summed E-state index contributed by atoms with van der Waals surface area (Å²) in [6.45, 7) is 4.76. The Labute approximate surface area is 247 Å². The first-order valence-electron chi connectivity index (χ1n) is 14.2. The number of hydrogen-bond acceptors (Lipinski definition) is 8. The van der Waals surface area contributed by atoms with Gasteiger partial charge in [-0.2, -0.15) is 5.10 Å². The van der Waals surface area contributed by atoms with Crippen molar-refractivity contribution in [2.45, 2.75) is 56.6 Å². The molecule has 10 nitrogen and oxygen atoms in total. The molecule has 222 valence electrons. The Morgan fingerprint density at radius 2 is 1.84 bits per heavy atom. The SMILES string of the molecule is CC1(C)[C@H]2CC[C@@]1(c1cccc(-n3cnc(CS(=O)(=O)CN4CCCC4=O)n3)n1)c1nnc(-c3c(F)cccc3F)cc12. The highest BCUT2D eigenvalue weighted by molar-refractivity contribution is 7.90. The summed E-state index contributed by atoms with van der Waals surface area (Å²) in [4.78, 5) is 22.4. The highest BCUT2D eigenvalue weighted by Crippen LogP contribution is 2.69. The number of fused-ring (bicyclic) bond motifs is 5. The Balaban J connectivity index is 1.21. The van der Waals surface area contributed by atoms with Crippen molar-refractivity contribution in [3.05, 3.63) is 83.2 Å². The minimum Gasteiger partial charge on any atom is -0.328 e. The summed E-state index contributed by atoms with van der Waals surface area (Å²) in [5.74, 6) is -1.62. The second-order valence-corrected chi connectivity index (χ2v) is 14.1. The van der Waals surface area contributed by atoms with Gasteiger partial charge in [-0.15, -0.1) is 10.2 Å². The fourth-order valence-electron chi connectivity index (χ4n) is 7.34. The predicted molar refractivity (Wildman–Crippen MR) is 152 cm³/mol. The van der Waals surface area contributed by atoms with Crippen molar-refractivity contribution in [1.82, 2.24) is 34.8 Å². The molecule has 43 heavy (non-hydrogen) atoms. The highest BCUT2D eigenvalue weighted by atomic mass is 32.2. The molecule has 1 saturated carbocycles. The molecule has 4 aromatic rings. The van der Waals surface area contributed by atoms with Crippen molar-refractivity contribution in [3.63, 3.8) is 0 Å². The molecule has 0 N–H and O–H groups in total. The molecule has 2 atom stereocenters. The second kappa shape index (κ2) is 9.69. The van der Waals surface area contributed by atoms with E-state index in [1.54, 1.807) is 12.1 Å². The zero-order valence-electron chi connectivity index (χ0n) is 23.7. The van der Waals surface area contributed by atoms with Gasteiger partial charge in [-0.1, -0.05) is 26.0 Å². The molecule has 2 aliphatic carbocycles. The van der Waals surface area contributed by atoms with Crippen LogP contribution in [-0.4, -0.2) is 61.6 Å². The van der Waals surface area contributed by atoms with Gasteiger partial charge in [0.2, 0.25) is 5.91 Å². The lowest BCUT2D eigenvalue weighted by Gasteiger charge is -2.37. The molecule has 3 aliphatic rings. The number of halogens is 2. The van der Waals surface area contributed by atoms with Gasteiger partial charge in [-0.3, -0.25) is 4.79 Å². The topological polar surface area (TPSA) is 124 Å². The van der Waals surface area contributed by atoms with Crippen molar-refractivity contribution >= 4 is 15.7 Å². The molecule has 0 spiro atoms. The molecule has 1 aliphatic heterocycles. The van der Waals surface area contributed by atoms with E-state index in [0.29, 0.717) is 25.2 Å². The van der Waals surface area contributed by atoms with Gasteiger partial charge in [-0.25, -0.2) is 31.8 Å². The predicted octanol–water partition coefficient (Wildman–Crippen LogP) is 4.10. The third-order valence-corrected chi connectivity index (χ3v) is 10.8. The lowest BCUT2D eigenvalue weighted by molar-refractivity contribution is -0.126. The minimum atomic E-state index is -3.64. The molecule has 3 aromatic heterocycles. The molecule has 13 heteroatoms. The van der Waals surface area contributed by atoms with Gasteiger partial charge in [0.05, 0.1) is 28.1 Å². The summed E-state index contributed by atoms with van der Waals surface area (Å²) in [5, 5.41) is 13.3. The van der Waals surface area contributed by atoms with E-state index < -0.39 is 32.6 Å². The molecule has 1 amide bonds. The monoisotopic (exact) mass is 605 g/mol. The van der Waals surface area contributed by atoms with Crippen molar-refractivity contribution in [2.75, 3.05) is 12.4 Å². The zero-order chi connectivity index (χ0) is 30.1. The molecule has 1 saturated heterocycles. The highest BCUT2D eigenvalue weighted by Gasteiger charge is 2.65. The molecule has 2 fully saturated rings. The minimum absolute atomic E-state index is 0.0858. The number of benzene rings is 1. The summed E-state index contributed by atoms with van der Waals surface area (Å²) >= 11 is 0. The summed E-state index contributed by atoms with van der Waals surface area (Å²) in [5.41, 5.74) is 1.47. The van der Waals surface area contributed by atoms with Crippen LogP contribution in [0.4, 0.5) is 8.78 Å². The maximum Gasteiger partial charge on any atom is 0.223 e. The molecular weight excluding hydrogens is 576 g/mol. The van der Waals surface area contributed by atoms with Gasteiger partial charge in [-0.05, 0) is 66.5 Å². The Kier molecular flexibility index (Phi) is 6.24. The second-order valence-electron chi connectivity index (χ2n) is 12.1. The molecule has 1 aromatic carbocycles. The standard InChI is InChI=1S/C30H29F2N7O3S/c1-29(2)19-11-12-30(29,28-18(19)14-22(35-36-28)27-20(31)6-3-7-21(27)32)23-8-4-9-25(34-23)39-16-33-24(37-39)15-43(41,42)17-38-13-5-10-26(38)40/h3-4,6-9,14,16,19H,5,10-13,15,17H2,1-2H3/t19-,30+/m0/s1. The van der Waals surface area contributed by atoms with Crippen LogP contribution in [0.2, 0.25) is 0 Å². The Morgan fingerprint density at radius 3 is 2.58 bits per heavy atom. The number of aromatic nitrogens is 6. The number of sulfone groups is 1. The van der Waals surface area contributed by atoms with Crippen molar-refractivity contribution in [3.8, 4) is 17.1 Å². The third-order valence-electron chi connectivity index (χ3n) is 9.42. The Morgan fingerprint density at radius 1 is 1.07 bits per heavy atom. The molecule has 0 unspecified atom stereocenters. The Bertz CT molecular complexity index is 1870. The van der Waals surface area contributed by atoms with E-state index in [2.05, 4.69) is 34.1 Å². The number of rotatable bonds is 7. The largest absolute Gasteiger partial charge is 0.328 e. The fourth-order valence-corrected chi connectivity index (χ4v) is 8.70. The summed E-state index contributed by atoms with van der Waals surface area (Å²) in [6.07, 6.45) is 4.07. The van der Waals surface area contributed by atoms with Gasteiger partial charge in [0, 0.05) is 13.0 Å². The van der Waals surface area contributed by atoms with Crippen LogP contribution < -0.4 is 0 Å².